The zero-order valence-electron chi connectivity index (χ0n) is 15.7. The summed E-state index contributed by atoms with van der Waals surface area (Å²) < 4.78 is 27.9. The number of rotatable bonds is 5. The number of carbonyl (C=O) groups excluding carboxylic acids is 1. The molecule has 1 aliphatic heterocycles. The Hall–Kier alpha value is -2.76. The highest BCUT2D eigenvalue weighted by molar-refractivity contribution is 7.89. The minimum Gasteiger partial charge on any atom is -0.292 e. The summed E-state index contributed by atoms with van der Waals surface area (Å²) in [5.41, 5.74) is 3.42. The zero-order chi connectivity index (χ0) is 19.9. The fourth-order valence-electron chi connectivity index (χ4n) is 3.47. The predicted molar refractivity (Wildman–Crippen MR) is 109 cm³/mol. The van der Waals surface area contributed by atoms with Crippen molar-refractivity contribution in [1.29, 1.82) is 0 Å². The second kappa shape index (κ2) is 7.00. The first-order chi connectivity index (χ1) is 13.4. The largest absolute Gasteiger partial charge is 0.292 e. The van der Waals surface area contributed by atoms with Crippen LogP contribution in [0, 0.1) is 13.8 Å². The first kappa shape index (κ1) is 18.6. The van der Waals surface area contributed by atoms with Crippen molar-refractivity contribution in [3.8, 4) is 0 Å². The summed E-state index contributed by atoms with van der Waals surface area (Å²) in [5, 5.41) is 0. The lowest BCUT2D eigenvalue weighted by molar-refractivity contribution is 0.0981. The van der Waals surface area contributed by atoms with Gasteiger partial charge in [-0.05, 0) is 31.5 Å². The number of aryl methyl sites for hydroxylation is 2. The Labute approximate surface area is 165 Å². The second-order valence-electron chi connectivity index (χ2n) is 7.18. The summed E-state index contributed by atoms with van der Waals surface area (Å²) in [6.45, 7) is 3.88. The lowest BCUT2D eigenvalue weighted by Gasteiger charge is -2.07. The molecule has 3 aromatic carbocycles. The van der Waals surface area contributed by atoms with Crippen LogP contribution in [0.25, 0.3) is 0 Å². The third-order valence-corrected chi connectivity index (χ3v) is 6.98. The zero-order valence-corrected chi connectivity index (χ0v) is 16.6. The van der Waals surface area contributed by atoms with Crippen molar-refractivity contribution in [3.63, 3.8) is 0 Å². The van der Waals surface area contributed by atoms with Crippen molar-refractivity contribution < 1.29 is 13.2 Å². The quantitative estimate of drug-likeness (QED) is 0.481. The van der Waals surface area contributed by atoms with Crippen LogP contribution in [0.1, 0.15) is 33.1 Å². The van der Waals surface area contributed by atoms with Crippen LogP contribution in [0.5, 0.6) is 0 Å². The van der Waals surface area contributed by atoms with E-state index in [0.717, 1.165) is 16.7 Å². The number of nitrogens with zero attached hydrogens (tertiary/aromatic N) is 1. The molecule has 3 atom stereocenters. The topological polar surface area (TPSA) is 54.2 Å². The molecule has 0 bridgehead atoms. The van der Waals surface area contributed by atoms with E-state index in [1.807, 2.05) is 44.2 Å². The van der Waals surface area contributed by atoms with Gasteiger partial charge in [0.25, 0.3) is 0 Å². The molecule has 1 aliphatic rings. The van der Waals surface area contributed by atoms with E-state index in [-0.39, 0.29) is 10.7 Å². The van der Waals surface area contributed by atoms with Crippen molar-refractivity contribution in [2.24, 2.45) is 0 Å². The molecular weight excluding hydrogens is 370 g/mol. The Morgan fingerprint density at radius 3 is 1.89 bits per heavy atom. The molecule has 1 unspecified atom stereocenters. The predicted octanol–water partition coefficient (Wildman–Crippen LogP) is 4.30. The number of sulfonamides is 1. The van der Waals surface area contributed by atoms with Crippen molar-refractivity contribution >= 4 is 15.8 Å². The van der Waals surface area contributed by atoms with E-state index >= 15 is 0 Å². The van der Waals surface area contributed by atoms with Crippen LogP contribution in [-0.4, -0.2) is 24.5 Å². The van der Waals surface area contributed by atoms with E-state index in [2.05, 4.69) is 0 Å². The van der Waals surface area contributed by atoms with Gasteiger partial charge >= 0.3 is 0 Å². The van der Waals surface area contributed by atoms with Gasteiger partial charge in [0.2, 0.25) is 10.0 Å². The smallest absolute Gasteiger partial charge is 0.244 e. The maximum absolute atomic E-state index is 13.3. The van der Waals surface area contributed by atoms with E-state index in [1.165, 1.54) is 4.31 Å². The van der Waals surface area contributed by atoms with Gasteiger partial charge in [0.05, 0.1) is 10.9 Å². The molecular formula is C23H21NO3S. The second-order valence-corrected chi connectivity index (χ2v) is 9.02. The normalized spacial score (nSPS) is 21.3. The molecule has 5 heteroatoms. The minimum absolute atomic E-state index is 0.179. The Morgan fingerprint density at radius 2 is 1.32 bits per heavy atom. The van der Waals surface area contributed by atoms with Crippen LogP contribution in [0.3, 0.4) is 0 Å². The molecule has 1 heterocycles. The molecule has 28 heavy (non-hydrogen) atoms. The van der Waals surface area contributed by atoms with Crippen LogP contribution in [-0.2, 0) is 10.0 Å². The molecule has 1 fully saturated rings. The van der Waals surface area contributed by atoms with Crippen LogP contribution in [0.2, 0.25) is 0 Å². The van der Waals surface area contributed by atoms with E-state index in [4.69, 9.17) is 0 Å². The van der Waals surface area contributed by atoms with Gasteiger partial charge in [0, 0.05) is 5.56 Å². The van der Waals surface area contributed by atoms with Gasteiger partial charge in [-0.2, -0.15) is 4.31 Å². The average Bonchev–Trinajstić information content (AvgIpc) is 3.45. The Kier molecular flexibility index (Phi) is 4.65. The van der Waals surface area contributed by atoms with Crippen LogP contribution >= 0.6 is 0 Å². The monoisotopic (exact) mass is 391 g/mol. The summed E-state index contributed by atoms with van der Waals surface area (Å²) in [5.74, 6) is -0.179. The van der Waals surface area contributed by atoms with Gasteiger partial charge in [0.1, 0.15) is 6.04 Å². The van der Waals surface area contributed by atoms with Gasteiger partial charge in [0.15, 0.2) is 5.78 Å². The molecule has 0 radical (unpaired) electrons. The molecule has 4 rings (SSSR count). The van der Waals surface area contributed by atoms with Crippen molar-refractivity contribution in [2.45, 2.75) is 30.8 Å². The number of hydrogen-bond donors (Lipinski definition) is 0. The van der Waals surface area contributed by atoms with Gasteiger partial charge in [-0.15, -0.1) is 0 Å². The molecule has 142 valence electrons. The number of carbonyl (C=O) groups is 1. The molecule has 0 spiro atoms. The third kappa shape index (κ3) is 3.28. The van der Waals surface area contributed by atoms with Gasteiger partial charge in [-0.1, -0.05) is 77.9 Å². The highest BCUT2D eigenvalue weighted by Gasteiger charge is 2.60. The highest BCUT2D eigenvalue weighted by atomic mass is 32.2. The number of Topliss-reactive ketones (excluding diaryl/α,β-unsaturated/α-hetero) is 1. The Morgan fingerprint density at radius 1 is 0.786 bits per heavy atom. The maximum Gasteiger partial charge on any atom is 0.244 e. The van der Waals surface area contributed by atoms with Gasteiger partial charge < -0.3 is 0 Å². The highest BCUT2D eigenvalue weighted by Crippen LogP contribution is 2.49. The summed E-state index contributed by atoms with van der Waals surface area (Å²) in [7, 11) is -3.78. The van der Waals surface area contributed by atoms with Crippen LogP contribution in [0.15, 0.2) is 83.8 Å². The van der Waals surface area contributed by atoms with Gasteiger partial charge in [-0.25, -0.2) is 8.42 Å². The molecule has 0 amide bonds. The molecule has 0 N–H and O–H groups in total. The van der Waals surface area contributed by atoms with E-state index in [0.29, 0.717) is 5.56 Å². The SMILES string of the molecule is Cc1ccc([C@@H]2[C@@H](C(=O)c3ccccc3)N2S(=O)(=O)c2ccc(C)cc2)cc1. The van der Waals surface area contributed by atoms with Crippen molar-refractivity contribution in [1.82, 2.24) is 4.31 Å². The molecule has 4 nitrogen and oxygen atoms in total. The molecule has 0 saturated carbocycles. The first-order valence-electron chi connectivity index (χ1n) is 9.15. The molecule has 0 aromatic heterocycles. The van der Waals surface area contributed by atoms with Crippen LogP contribution in [0.4, 0.5) is 0 Å². The van der Waals surface area contributed by atoms with Crippen LogP contribution < -0.4 is 0 Å². The van der Waals surface area contributed by atoms with Crippen molar-refractivity contribution in [2.75, 3.05) is 0 Å². The van der Waals surface area contributed by atoms with E-state index in [9.17, 15) is 13.2 Å². The molecule has 3 aromatic rings. The van der Waals surface area contributed by atoms with E-state index in [1.54, 1.807) is 48.5 Å². The summed E-state index contributed by atoms with van der Waals surface area (Å²) in [4.78, 5) is 13.3. The first-order valence-corrected chi connectivity index (χ1v) is 10.6. The standard InChI is InChI=1S/C23H21NO3S/c1-16-8-12-18(13-9-16)21-22(23(25)19-6-4-3-5-7-19)24(21)28(26,27)20-14-10-17(2)11-15-20/h3-15,21-22H,1-2H3/t21-,22+,24?/m1/s1. The number of benzene rings is 3. The summed E-state index contributed by atoms with van der Waals surface area (Å²) in [6, 6.07) is 22.1. The fraction of sp³-hybridized carbons (Fsp3) is 0.174. The number of ketones is 1. The maximum atomic E-state index is 13.3. The summed E-state index contributed by atoms with van der Waals surface area (Å²) in [6.07, 6.45) is 0. The Bertz CT molecular complexity index is 1100. The van der Waals surface area contributed by atoms with Crippen molar-refractivity contribution in [3.05, 3.63) is 101 Å². The molecule has 0 aliphatic carbocycles. The molecule has 1 saturated heterocycles. The van der Waals surface area contributed by atoms with E-state index < -0.39 is 22.1 Å². The van der Waals surface area contributed by atoms with Gasteiger partial charge in [-0.3, -0.25) is 4.79 Å². The average molecular weight is 391 g/mol. The fourth-order valence-corrected chi connectivity index (χ4v) is 5.18. The minimum atomic E-state index is -3.78. The summed E-state index contributed by atoms with van der Waals surface area (Å²) >= 11 is 0. The Balaban J connectivity index is 1.75. The third-order valence-electron chi connectivity index (χ3n) is 5.10. The number of hydrogen-bond acceptors (Lipinski definition) is 3. The lowest BCUT2D eigenvalue weighted by atomic mass is 10.0. The lowest BCUT2D eigenvalue weighted by Crippen LogP contribution is -2.19.